The van der Waals surface area contributed by atoms with Gasteiger partial charge >= 0.3 is 0 Å². The Morgan fingerprint density at radius 2 is 1.93 bits per heavy atom. The van der Waals surface area contributed by atoms with E-state index < -0.39 is 0 Å². The number of aryl methyl sites for hydroxylation is 2. The average Bonchev–Trinajstić information content (AvgIpc) is 3.46. The summed E-state index contributed by atoms with van der Waals surface area (Å²) in [5, 5.41) is 4.13. The number of fused-ring (bicyclic) bond motifs is 1. The maximum Gasteiger partial charge on any atom is 0.232 e. The van der Waals surface area contributed by atoms with E-state index in [-0.39, 0.29) is 11.8 Å². The van der Waals surface area contributed by atoms with Crippen molar-refractivity contribution in [1.82, 2.24) is 10.1 Å². The highest BCUT2D eigenvalue weighted by Crippen LogP contribution is 2.34. The lowest BCUT2D eigenvalue weighted by Crippen LogP contribution is -2.24. The van der Waals surface area contributed by atoms with Crippen LogP contribution in [0.15, 0.2) is 51.9 Å². The Labute approximate surface area is 168 Å². The maximum absolute atomic E-state index is 12.6. The Kier molecular flexibility index (Phi) is 4.43. The number of rotatable bonds is 4. The van der Waals surface area contributed by atoms with Crippen LogP contribution in [0.3, 0.4) is 0 Å². The lowest BCUT2D eigenvalue weighted by atomic mass is 10.1. The van der Waals surface area contributed by atoms with Crippen LogP contribution in [0.1, 0.15) is 35.8 Å². The van der Waals surface area contributed by atoms with Gasteiger partial charge in [-0.25, -0.2) is 0 Å². The second-order valence-corrected chi connectivity index (χ2v) is 8.28. The van der Waals surface area contributed by atoms with Crippen LogP contribution in [0.5, 0.6) is 0 Å². The van der Waals surface area contributed by atoms with Crippen molar-refractivity contribution in [2.45, 2.75) is 36.5 Å². The van der Waals surface area contributed by atoms with Gasteiger partial charge in [-0.2, -0.15) is 4.98 Å². The van der Waals surface area contributed by atoms with Crippen LogP contribution in [0.25, 0.3) is 11.4 Å². The highest BCUT2D eigenvalue weighted by Gasteiger charge is 2.35. The van der Waals surface area contributed by atoms with Gasteiger partial charge in [0.25, 0.3) is 0 Å². The van der Waals surface area contributed by atoms with Crippen molar-refractivity contribution in [1.29, 1.82) is 0 Å². The number of thioether (sulfide) groups is 1. The Hall–Kier alpha value is -2.60. The summed E-state index contributed by atoms with van der Waals surface area (Å²) in [5.41, 5.74) is 4.71. The van der Waals surface area contributed by atoms with E-state index in [0.717, 1.165) is 24.1 Å². The van der Waals surface area contributed by atoms with Gasteiger partial charge in [0.15, 0.2) is 0 Å². The molecule has 3 aromatic rings. The minimum atomic E-state index is -0.0625. The molecule has 1 unspecified atom stereocenters. The quantitative estimate of drug-likeness (QED) is 0.614. The molecule has 2 aliphatic rings. The number of carbonyl (C=O) groups excluding carboxylic acids is 1. The van der Waals surface area contributed by atoms with Gasteiger partial charge < -0.3 is 9.42 Å². The van der Waals surface area contributed by atoms with Crippen LogP contribution < -0.4 is 4.90 Å². The normalized spacial score (nSPS) is 18.7. The molecule has 1 fully saturated rings. The van der Waals surface area contributed by atoms with Crippen molar-refractivity contribution < 1.29 is 9.32 Å². The molecule has 5 rings (SSSR count). The molecule has 1 atom stereocenters. The zero-order valence-electron chi connectivity index (χ0n) is 15.7. The lowest BCUT2D eigenvalue weighted by molar-refractivity contribution is -0.117. The molecule has 0 bridgehead atoms. The van der Waals surface area contributed by atoms with Gasteiger partial charge in [0, 0.05) is 29.1 Å². The molecule has 28 heavy (non-hydrogen) atoms. The maximum atomic E-state index is 12.6. The third-order valence-corrected chi connectivity index (χ3v) is 6.40. The standard InChI is InChI=1S/C22H21N3O2S/c1-28-19-9-6-15(7-10-19)21-23-22(27-24-21)17-12-20(26)25(13-17)18-8-5-14-3-2-4-16(14)11-18/h5-11,17H,2-4,12-13H2,1H3. The van der Waals surface area contributed by atoms with Crippen LogP contribution in [0, 0.1) is 0 Å². The molecule has 5 nitrogen and oxygen atoms in total. The summed E-state index contributed by atoms with van der Waals surface area (Å²) in [7, 11) is 0. The molecule has 2 aromatic carbocycles. The molecule has 1 amide bonds. The van der Waals surface area contributed by atoms with Gasteiger partial charge in [-0.05, 0) is 73.0 Å². The first-order chi connectivity index (χ1) is 13.7. The van der Waals surface area contributed by atoms with Crippen molar-refractivity contribution >= 4 is 23.4 Å². The molecule has 0 radical (unpaired) electrons. The topological polar surface area (TPSA) is 59.2 Å². The van der Waals surface area contributed by atoms with Crippen LogP contribution in [0.4, 0.5) is 5.69 Å². The number of amides is 1. The number of hydrogen-bond donors (Lipinski definition) is 0. The molecule has 1 aliphatic heterocycles. The fourth-order valence-corrected chi connectivity index (χ4v) is 4.52. The molecule has 142 valence electrons. The van der Waals surface area contributed by atoms with Gasteiger partial charge in [0.2, 0.25) is 17.6 Å². The smallest absolute Gasteiger partial charge is 0.232 e. The zero-order valence-corrected chi connectivity index (χ0v) is 16.5. The fraction of sp³-hybridized carbons (Fsp3) is 0.318. The summed E-state index contributed by atoms with van der Waals surface area (Å²) in [6, 6.07) is 14.5. The highest BCUT2D eigenvalue weighted by molar-refractivity contribution is 7.98. The van der Waals surface area contributed by atoms with E-state index in [1.54, 1.807) is 11.8 Å². The van der Waals surface area contributed by atoms with E-state index in [1.165, 1.54) is 22.4 Å². The number of carbonyl (C=O) groups is 1. The van der Waals surface area contributed by atoms with Crippen molar-refractivity contribution in [2.24, 2.45) is 0 Å². The van der Waals surface area contributed by atoms with E-state index >= 15 is 0 Å². The summed E-state index contributed by atoms with van der Waals surface area (Å²) in [5.74, 6) is 1.17. The molecule has 0 N–H and O–H groups in total. The number of aromatic nitrogens is 2. The molecule has 1 aliphatic carbocycles. The molecule has 1 saturated heterocycles. The zero-order chi connectivity index (χ0) is 19.1. The molecule has 2 heterocycles. The third-order valence-electron chi connectivity index (χ3n) is 5.66. The Morgan fingerprint density at radius 1 is 1.11 bits per heavy atom. The van der Waals surface area contributed by atoms with E-state index in [9.17, 15) is 4.79 Å². The minimum absolute atomic E-state index is 0.0625. The monoisotopic (exact) mass is 391 g/mol. The van der Waals surface area contributed by atoms with Gasteiger partial charge in [-0.3, -0.25) is 4.79 Å². The van der Waals surface area contributed by atoms with Crippen LogP contribution in [0.2, 0.25) is 0 Å². The molecule has 6 heteroatoms. The summed E-state index contributed by atoms with van der Waals surface area (Å²) in [6.45, 7) is 0.588. The van der Waals surface area contributed by atoms with E-state index in [1.807, 2.05) is 35.4 Å². The third kappa shape index (κ3) is 3.11. The first kappa shape index (κ1) is 17.5. The molecule has 0 spiro atoms. The molecule has 0 saturated carbocycles. The summed E-state index contributed by atoms with van der Waals surface area (Å²) in [4.78, 5) is 20.3. The molecular weight excluding hydrogens is 370 g/mol. The SMILES string of the molecule is CSc1ccc(-c2noc(C3CC(=O)N(c4ccc5c(c4)CCC5)C3)n2)cc1. The first-order valence-electron chi connectivity index (χ1n) is 9.61. The first-order valence-corrected chi connectivity index (χ1v) is 10.8. The van der Waals surface area contributed by atoms with Crippen LogP contribution in [-0.4, -0.2) is 28.8 Å². The van der Waals surface area contributed by atoms with Gasteiger partial charge in [0.1, 0.15) is 0 Å². The molecular formula is C22H21N3O2S. The number of anilines is 1. The Balaban J connectivity index is 1.35. The molecule has 1 aromatic heterocycles. The van der Waals surface area contributed by atoms with Crippen molar-refractivity contribution in [3.05, 3.63) is 59.5 Å². The largest absolute Gasteiger partial charge is 0.339 e. The van der Waals surface area contributed by atoms with E-state index in [2.05, 4.69) is 28.3 Å². The van der Waals surface area contributed by atoms with Crippen LogP contribution in [-0.2, 0) is 17.6 Å². The predicted molar refractivity (Wildman–Crippen MR) is 110 cm³/mol. The number of hydrogen-bond acceptors (Lipinski definition) is 5. The van der Waals surface area contributed by atoms with Crippen molar-refractivity contribution in [2.75, 3.05) is 17.7 Å². The van der Waals surface area contributed by atoms with E-state index in [4.69, 9.17) is 4.52 Å². The fourth-order valence-electron chi connectivity index (χ4n) is 4.11. The second kappa shape index (κ2) is 7.09. The van der Waals surface area contributed by atoms with Crippen molar-refractivity contribution in [3.63, 3.8) is 0 Å². The minimum Gasteiger partial charge on any atom is -0.339 e. The Bertz CT molecular complexity index is 1030. The van der Waals surface area contributed by atoms with Crippen LogP contribution >= 0.6 is 11.8 Å². The summed E-state index contributed by atoms with van der Waals surface area (Å²) >= 11 is 1.70. The van der Waals surface area contributed by atoms with Crippen molar-refractivity contribution in [3.8, 4) is 11.4 Å². The number of nitrogens with zero attached hydrogens (tertiary/aromatic N) is 3. The Morgan fingerprint density at radius 3 is 2.75 bits per heavy atom. The second-order valence-electron chi connectivity index (χ2n) is 7.40. The summed E-state index contributed by atoms with van der Waals surface area (Å²) in [6.07, 6.45) is 5.92. The highest BCUT2D eigenvalue weighted by atomic mass is 32.2. The lowest BCUT2D eigenvalue weighted by Gasteiger charge is -2.17. The van der Waals surface area contributed by atoms with Gasteiger partial charge in [-0.15, -0.1) is 11.8 Å². The number of benzene rings is 2. The van der Waals surface area contributed by atoms with Gasteiger partial charge in [0.05, 0.1) is 5.92 Å². The van der Waals surface area contributed by atoms with E-state index in [0.29, 0.717) is 24.7 Å². The average molecular weight is 391 g/mol. The predicted octanol–water partition coefficient (Wildman–Crippen LogP) is 4.47. The summed E-state index contributed by atoms with van der Waals surface area (Å²) < 4.78 is 5.52. The van der Waals surface area contributed by atoms with Gasteiger partial charge in [-0.1, -0.05) is 11.2 Å².